The molecule has 0 aliphatic heterocycles. The highest BCUT2D eigenvalue weighted by atomic mass is 16.5. The summed E-state index contributed by atoms with van der Waals surface area (Å²) < 4.78 is 5.92. The highest BCUT2D eigenvalue weighted by molar-refractivity contribution is 5.89. The maximum Gasteiger partial charge on any atom is 0.322 e. The van der Waals surface area contributed by atoms with E-state index in [0.717, 1.165) is 29.2 Å². The van der Waals surface area contributed by atoms with Crippen LogP contribution in [0, 0.1) is 0 Å². The number of para-hydroxylation sites is 2. The minimum Gasteiger partial charge on any atom is -0.457 e. The summed E-state index contributed by atoms with van der Waals surface area (Å²) in [5.41, 5.74) is 1.82. The van der Waals surface area contributed by atoms with Crippen molar-refractivity contribution in [1.29, 1.82) is 0 Å². The lowest BCUT2D eigenvalue weighted by Gasteiger charge is -2.29. The lowest BCUT2D eigenvalue weighted by Crippen LogP contribution is -2.40. The third-order valence-electron chi connectivity index (χ3n) is 4.64. The smallest absolute Gasteiger partial charge is 0.322 e. The third-order valence-corrected chi connectivity index (χ3v) is 4.64. The molecule has 28 heavy (non-hydrogen) atoms. The lowest BCUT2D eigenvalue weighted by molar-refractivity contribution is 0.187. The van der Waals surface area contributed by atoms with Crippen molar-refractivity contribution in [2.45, 2.75) is 32.9 Å². The van der Waals surface area contributed by atoms with Crippen LogP contribution in [0.4, 0.5) is 10.5 Å². The number of urea groups is 1. The molecule has 0 saturated heterocycles. The molecule has 1 atom stereocenters. The van der Waals surface area contributed by atoms with E-state index in [9.17, 15) is 4.79 Å². The van der Waals surface area contributed by atoms with E-state index in [0.29, 0.717) is 6.54 Å². The molecule has 3 aromatic rings. The molecular weight excluding hydrogens is 348 g/mol. The molecule has 0 bridgehead atoms. The monoisotopic (exact) mass is 374 g/mol. The first-order chi connectivity index (χ1) is 13.7. The van der Waals surface area contributed by atoms with Gasteiger partial charge in [-0.2, -0.15) is 0 Å². The topological polar surface area (TPSA) is 41.6 Å². The molecule has 3 aromatic carbocycles. The number of carbonyl (C=O) groups is 1. The SMILES string of the molecule is CCC(C)N(Cc1cccc(Oc2ccccc2)c1)C(=O)Nc1ccccc1. The summed E-state index contributed by atoms with van der Waals surface area (Å²) in [5.74, 6) is 1.55. The summed E-state index contributed by atoms with van der Waals surface area (Å²) >= 11 is 0. The van der Waals surface area contributed by atoms with Gasteiger partial charge in [0, 0.05) is 18.3 Å². The van der Waals surface area contributed by atoms with E-state index in [-0.39, 0.29) is 12.1 Å². The number of nitrogens with one attached hydrogen (secondary N) is 1. The normalized spacial score (nSPS) is 11.5. The van der Waals surface area contributed by atoms with Gasteiger partial charge in [-0.1, -0.05) is 55.5 Å². The van der Waals surface area contributed by atoms with Crippen LogP contribution < -0.4 is 10.1 Å². The van der Waals surface area contributed by atoms with Crippen molar-refractivity contribution in [2.75, 3.05) is 5.32 Å². The zero-order chi connectivity index (χ0) is 19.8. The van der Waals surface area contributed by atoms with Crippen molar-refractivity contribution in [3.05, 3.63) is 90.5 Å². The van der Waals surface area contributed by atoms with Crippen molar-refractivity contribution in [1.82, 2.24) is 4.90 Å². The Kier molecular flexibility index (Phi) is 6.68. The van der Waals surface area contributed by atoms with Crippen LogP contribution in [-0.4, -0.2) is 17.0 Å². The standard InChI is InChI=1S/C24H26N2O2/c1-3-19(2)26(24(27)25-21-12-6-4-7-13-21)18-20-11-10-16-23(17-20)28-22-14-8-5-9-15-22/h4-17,19H,3,18H2,1-2H3,(H,25,27). The Hall–Kier alpha value is -3.27. The van der Waals surface area contributed by atoms with E-state index in [2.05, 4.69) is 19.2 Å². The Labute approximate surface area is 166 Å². The Bertz CT molecular complexity index is 881. The highest BCUT2D eigenvalue weighted by Crippen LogP contribution is 2.23. The van der Waals surface area contributed by atoms with Crippen LogP contribution in [0.5, 0.6) is 11.5 Å². The van der Waals surface area contributed by atoms with Gasteiger partial charge in [-0.3, -0.25) is 0 Å². The zero-order valence-corrected chi connectivity index (χ0v) is 16.3. The van der Waals surface area contributed by atoms with Gasteiger partial charge >= 0.3 is 6.03 Å². The van der Waals surface area contributed by atoms with Crippen LogP contribution in [0.3, 0.4) is 0 Å². The van der Waals surface area contributed by atoms with Gasteiger partial charge in [0.25, 0.3) is 0 Å². The van der Waals surface area contributed by atoms with E-state index < -0.39 is 0 Å². The second-order valence-corrected chi connectivity index (χ2v) is 6.74. The van der Waals surface area contributed by atoms with E-state index in [1.165, 1.54) is 0 Å². The summed E-state index contributed by atoms with van der Waals surface area (Å²) in [7, 11) is 0. The largest absolute Gasteiger partial charge is 0.457 e. The molecule has 0 aromatic heterocycles. The van der Waals surface area contributed by atoms with Crippen molar-refractivity contribution in [2.24, 2.45) is 0 Å². The average molecular weight is 374 g/mol. The number of hydrogen-bond acceptors (Lipinski definition) is 2. The van der Waals surface area contributed by atoms with Crippen LogP contribution in [0.15, 0.2) is 84.9 Å². The molecule has 3 rings (SSSR count). The highest BCUT2D eigenvalue weighted by Gasteiger charge is 2.19. The summed E-state index contributed by atoms with van der Waals surface area (Å²) in [6, 6.07) is 27.1. The lowest BCUT2D eigenvalue weighted by atomic mass is 10.1. The van der Waals surface area contributed by atoms with Gasteiger partial charge in [0.05, 0.1) is 0 Å². The maximum atomic E-state index is 12.9. The Morgan fingerprint density at radius 1 is 0.929 bits per heavy atom. The second-order valence-electron chi connectivity index (χ2n) is 6.74. The van der Waals surface area contributed by atoms with Gasteiger partial charge in [-0.05, 0) is 55.3 Å². The summed E-state index contributed by atoms with van der Waals surface area (Å²) in [5, 5.41) is 2.99. The van der Waals surface area contributed by atoms with Gasteiger partial charge in [0.2, 0.25) is 0 Å². The molecule has 4 heteroatoms. The molecule has 2 amide bonds. The Balaban J connectivity index is 1.73. The van der Waals surface area contributed by atoms with E-state index in [4.69, 9.17) is 4.74 Å². The maximum absolute atomic E-state index is 12.9. The van der Waals surface area contributed by atoms with Gasteiger partial charge in [-0.25, -0.2) is 4.79 Å². The predicted molar refractivity (Wildman–Crippen MR) is 114 cm³/mol. The fourth-order valence-corrected chi connectivity index (χ4v) is 2.89. The van der Waals surface area contributed by atoms with Crippen LogP contribution >= 0.6 is 0 Å². The van der Waals surface area contributed by atoms with Gasteiger partial charge in [-0.15, -0.1) is 0 Å². The number of benzene rings is 3. The molecule has 0 fully saturated rings. The van der Waals surface area contributed by atoms with Gasteiger partial charge < -0.3 is 15.0 Å². The zero-order valence-electron chi connectivity index (χ0n) is 16.3. The van der Waals surface area contributed by atoms with Crippen LogP contribution in [0.2, 0.25) is 0 Å². The van der Waals surface area contributed by atoms with Crippen molar-refractivity contribution < 1.29 is 9.53 Å². The average Bonchev–Trinajstić information content (AvgIpc) is 2.73. The number of ether oxygens (including phenoxy) is 1. The third kappa shape index (κ3) is 5.36. The van der Waals surface area contributed by atoms with Crippen LogP contribution in [0.1, 0.15) is 25.8 Å². The van der Waals surface area contributed by atoms with E-state index in [1.807, 2.05) is 89.8 Å². The number of rotatable bonds is 7. The van der Waals surface area contributed by atoms with Crippen LogP contribution in [0.25, 0.3) is 0 Å². The minimum atomic E-state index is -0.102. The first-order valence-corrected chi connectivity index (χ1v) is 9.60. The van der Waals surface area contributed by atoms with E-state index in [1.54, 1.807) is 0 Å². The van der Waals surface area contributed by atoms with Crippen molar-refractivity contribution >= 4 is 11.7 Å². The van der Waals surface area contributed by atoms with Gasteiger partial charge in [0.1, 0.15) is 11.5 Å². The van der Waals surface area contributed by atoms with Gasteiger partial charge in [0.15, 0.2) is 0 Å². The van der Waals surface area contributed by atoms with Crippen molar-refractivity contribution in [3.63, 3.8) is 0 Å². The molecule has 4 nitrogen and oxygen atoms in total. The number of hydrogen-bond donors (Lipinski definition) is 1. The summed E-state index contributed by atoms with van der Waals surface area (Å²) in [6.07, 6.45) is 0.877. The molecule has 0 aliphatic rings. The molecule has 0 radical (unpaired) electrons. The molecule has 0 saturated carbocycles. The first-order valence-electron chi connectivity index (χ1n) is 9.60. The molecule has 0 heterocycles. The molecular formula is C24H26N2O2. The Morgan fingerprint density at radius 2 is 1.57 bits per heavy atom. The van der Waals surface area contributed by atoms with E-state index >= 15 is 0 Å². The number of nitrogens with zero attached hydrogens (tertiary/aromatic N) is 1. The summed E-state index contributed by atoms with van der Waals surface area (Å²) in [4.78, 5) is 14.7. The number of amides is 2. The quantitative estimate of drug-likeness (QED) is 0.526. The molecule has 1 N–H and O–H groups in total. The fraction of sp³-hybridized carbons (Fsp3) is 0.208. The number of anilines is 1. The minimum absolute atomic E-state index is 0.102. The molecule has 0 aliphatic carbocycles. The molecule has 144 valence electrons. The van der Waals surface area contributed by atoms with Crippen molar-refractivity contribution in [3.8, 4) is 11.5 Å². The first kappa shape index (κ1) is 19.5. The Morgan fingerprint density at radius 3 is 2.25 bits per heavy atom. The number of carbonyl (C=O) groups excluding carboxylic acids is 1. The second kappa shape index (κ2) is 9.60. The summed E-state index contributed by atoms with van der Waals surface area (Å²) in [6.45, 7) is 4.66. The molecule has 1 unspecified atom stereocenters. The molecule has 0 spiro atoms. The fourth-order valence-electron chi connectivity index (χ4n) is 2.89. The van der Waals surface area contributed by atoms with Crippen LogP contribution in [-0.2, 0) is 6.54 Å². The predicted octanol–water partition coefficient (Wildman–Crippen LogP) is 6.31.